The molecule has 0 saturated carbocycles. The van der Waals surface area contributed by atoms with E-state index < -0.39 is 21.1 Å². The van der Waals surface area contributed by atoms with Crippen LogP contribution in [0.1, 0.15) is 18.4 Å². The van der Waals surface area contributed by atoms with Gasteiger partial charge in [0.2, 0.25) is 0 Å². The minimum Gasteiger partial charge on any atom is -0.481 e. The average Bonchev–Trinajstić information content (AvgIpc) is 2.26. The van der Waals surface area contributed by atoms with Crippen molar-refractivity contribution in [1.82, 2.24) is 0 Å². The Morgan fingerprint density at radius 1 is 1.26 bits per heavy atom. The Hall–Kier alpha value is -1.40. The fraction of sp³-hybridized carbons (Fsp3) is 0.462. The number of carboxylic acid groups (broad SMARTS) is 1. The van der Waals surface area contributed by atoms with Gasteiger partial charge in [-0.3, -0.25) is 4.79 Å². The van der Waals surface area contributed by atoms with E-state index in [0.717, 1.165) is 5.56 Å². The predicted molar refractivity (Wildman–Crippen MR) is 68.8 cm³/mol. The van der Waals surface area contributed by atoms with E-state index in [4.69, 9.17) is 9.84 Å². The zero-order valence-corrected chi connectivity index (χ0v) is 11.2. The molecule has 0 atom stereocenters. The van der Waals surface area contributed by atoms with Gasteiger partial charge in [0, 0.05) is 6.42 Å². The number of ether oxygens (including phenoxy) is 1. The van der Waals surface area contributed by atoms with Crippen LogP contribution in [-0.4, -0.2) is 38.0 Å². The molecule has 0 spiro atoms. The predicted octanol–water partition coefficient (Wildman–Crippen LogP) is 1.27. The first-order valence-corrected chi connectivity index (χ1v) is 7.67. The van der Waals surface area contributed by atoms with Crippen LogP contribution in [0.5, 0.6) is 0 Å². The first-order chi connectivity index (χ1) is 9.00. The summed E-state index contributed by atoms with van der Waals surface area (Å²) in [7, 11) is -3.27. The lowest BCUT2D eigenvalue weighted by Gasteiger charge is -2.25. The number of carbonyl (C=O) groups is 1. The molecule has 1 aliphatic rings. The van der Waals surface area contributed by atoms with Crippen molar-refractivity contribution in [2.45, 2.75) is 29.4 Å². The fourth-order valence-electron chi connectivity index (χ4n) is 1.88. The smallest absolute Gasteiger partial charge is 0.303 e. The second-order valence-corrected chi connectivity index (χ2v) is 6.82. The van der Waals surface area contributed by atoms with Crippen molar-refractivity contribution in [2.24, 2.45) is 0 Å². The van der Waals surface area contributed by atoms with Crippen molar-refractivity contribution in [2.75, 3.05) is 13.2 Å². The third-order valence-corrected chi connectivity index (χ3v) is 5.23. The molecular formula is C13H16O5S. The van der Waals surface area contributed by atoms with Crippen LogP contribution in [0.25, 0.3) is 0 Å². The summed E-state index contributed by atoms with van der Waals surface area (Å²) in [4.78, 5) is 10.7. The van der Waals surface area contributed by atoms with Crippen LogP contribution in [0, 0.1) is 0 Å². The molecule has 5 nitrogen and oxygen atoms in total. The van der Waals surface area contributed by atoms with Crippen LogP contribution >= 0.6 is 0 Å². The summed E-state index contributed by atoms with van der Waals surface area (Å²) in [5.74, 6) is -0.816. The maximum absolute atomic E-state index is 12.1. The third kappa shape index (κ3) is 3.33. The lowest BCUT2D eigenvalue weighted by Crippen LogP contribution is -2.40. The number of aryl methyl sites for hydroxylation is 1. The molecule has 0 aliphatic carbocycles. The van der Waals surface area contributed by atoms with Gasteiger partial charge in [0.05, 0.1) is 18.1 Å². The Kier molecular flexibility index (Phi) is 4.21. The lowest BCUT2D eigenvalue weighted by molar-refractivity contribution is -0.137. The highest BCUT2D eigenvalue weighted by Gasteiger charge is 2.33. The summed E-state index contributed by atoms with van der Waals surface area (Å²) >= 11 is 0. The van der Waals surface area contributed by atoms with Gasteiger partial charge in [0.15, 0.2) is 9.84 Å². The normalized spacial score (nSPS) is 16.0. The second-order valence-electron chi connectivity index (χ2n) is 4.60. The van der Waals surface area contributed by atoms with Crippen LogP contribution in [0.3, 0.4) is 0 Å². The van der Waals surface area contributed by atoms with Crippen molar-refractivity contribution >= 4 is 15.8 Å². The summed E-state index contributed by atoms with van der Waals surface area (Å²) in [5.41, 5.74) is 0.949. The minimum absolute atomic E-state index is 0.124. The van der Waals surface area contributed by atoms with Gasteiger partial charge >= 0.3 is 5.97 Å². The molecule has 0 amide bonds. The third-order valence-electron chi connectivity index (χ3n) is 3.15. The maximum Gasteiger partial charge on any atom is 0.303 e. The molecule has 1 saturated heterocycles. The van der Waals surface area contributed by atoms with Gasteiger partial charge in [-0.25, -0.2) is 8.42 Å². The zero-order chi connectivity index (χ0) is 13.9. The van der Waals surface area contributed by atoms with Gasteiger partial charge in [-0.1, -0.05) is 12.1 Å². The van der Waals surface area contributed by atoms with Crippen molar-refractivity contribution in [1.29, 1.82) is 0 Å². The van der Waals surface area contributed by atoms with Gasteiger partial charge in [0.25, 0.3) is 0 Å². The molecule has 1 aromatic carbocycles. The van der Waals surface area contributed by atoms with Gasteiger partial charge < -0.3 is 9.84 Å². The molecule has 0 aromatic heterocycles. The number of hydrogen-bond acceptors (Lipinski definition) is 4. The first kappa shape index (κ1) is 14.0. The Labute approximate surface area is 112 Å². The van der Waals surface area contributed by atoms with Crippen molar-refractivity contribution in [3.05, 3.63) is 29.8 Å². The Bertz CT molecular complexity index is 543. The number of sulfone groups is 1. The second kappa shape index (κ2) is 5.71. The standard InChI is InChI=1S/C13H16O5S/c14-13(15)3-1-2-10-4-6-11(7-5-10)19(16,17)12-8-18-9-12/h4-7,12H,1-3,8-9H2,(H,14,15). The quantitative estimate of drug-likeness (QED) is 0.850. The van der Waals surface area contributed by atoms with Crippen molar-refractivity contribution in [3.8, 4) is 0 Å². The Balaban J connectivity index is 2.00. The molecule has 0 unspecified atom stereocenters. The molecule has 1 N–H and O–H groups in total. The molecule has 104 valence electrons. The molecule has 19 heavy (non-hydrogen) atoms. The van der Waals surface area contributed by atoms with E-state index >= 15 is 0 Å². The van der Waals surface area contributed by atoms with E-state index in [0.29, 0.717) is 17.7 Å². The molecular weight excluding hydrogens is 268 g/mol. The highest BCUT2D eigenvalue weighted by molar-refractivity contribution is 7.92. The molecule has 1 fully saturated rings. The average molecular weight is 284 g/mol. The number of benzene rings is 1. The maximum atomic E-state index is 12.1. The molecule has 2 rings (SSSR count). The van der Waals surface area contributed by atoms with Gasteiger partial charge in [-0.2, -0.15) is 0 Å². The summed E-state index contributed by atoms with van der Waals surface area (Å²) < 4.78 is 29.0. The van der Waals surface area contributed by atoms with Gasteiger partial charge in [0.1, 0.15) is 5.25 Å². The molecule has 0 bridgehead atoms. The molecule has 0 radical (unpaired) electrons. The number of aliphatic carboxylic acids is 1. The largest absolute Gasteiger partial charge is 0.481 e. The van der Waals surface area contributed by atoms with E-state index in [1.165, 1.54) is 0 Å². The molecule has 1 aliphatic heterocycles. The SMILES string of the molecule is O=C(O)CCCc1ccc(S(=O)(=O)C2COC2)cc1. The van der Waals surface area contributed by atoms with E-state index in [2.05, 4.69) is 0 Å². The van der Waals surface area contributed by atoms with E-state index in [1.54, 1.807) is 24.3 Å². The number of hydrogen-bond donors (Lipinski definition) is 1. The van der Waals surface area contributed by atoms with E-state index in [-0.39, 0.29) is 19.6 Å². The van der Waals surface area contributed by atoms with Gasteiger partial charge in [-0.15, -0.1) is 0 Å². The molecule has 1 heterocycles. The Morgan fingerprint density at radius 3 is 2.37 bits per heavy atom. The van der Waals surface area contributed by atoms with E-state index in [1.807, 2.05) is 0 Å². The Morgan fingerprint density at radius 2 is 1.89 bits per heavy atom. The van der Waals surface area contributed by atoms with Crippen LogP contribution in [-0.2, 0) is 25.8 Å². The highest BCUT2D eigenvalue weighted by atomic mass is 32.2. The summed E-state index contributed by atoms with van der Waals surface area (Å²) in [6.07, 6.45) is 1.32. The molecule has 1 aromatic rings. The number of rotatable bonds is 6. The van der Waals surface area contributed by atoms with Crippen molar-refractivity contribution < 1.29 is 23.1 Å². The topological polar surface area (TPSA) is 80.7 Å². The van der Waals surface area contributed by atoms with Gasteiger partial charge in [-0.05, 0) is 30.5 Å². The summed E-state index contributed by atoms with van der Waals surface area (Å²) in [5, 5.41) is 8.12. The van der Waals surface area contributed by atoms with Crippen LogP contribution in [0.15, 0.2) is 29.2 Å². The number of carboxylic acids is 1. The monoisotopic (exact) mass is 284 g/mol. The molecule has 6 heteroatoms. The zero-order valence-electron chi connectivity index (χ0n) is 10.4. The summed E-state index contributed by atoms with van der Waals surface area (Å²) in [6.45, 7) is 0.533. The summed E-state index contributed by atoms with van der Waals surface area (Å²) in [6, 6.07) is 6.66. The van der Waals surface area contributed by atoms with Crippen LogP contribution in [0.4, 0.5) is 0 Å². The lowest BCUT2D eigenvalue weighted by atomic mass is 10.1. The van der Waals surface area contributed by atoms with Crippen LogP contribution in [0.2, 0.25) is 0 Å². The van der Waals surface area contributed by atoms with Crippen molar-refractivity contribution in [3.63, 3.8) is 0 Å². The highest BCUT2D eigenvalue weighted by Crippen LogP contribution is 2.22. The fourth-order valence-corrected chi connectivity index (χ4v) is 3.33. The first-order valence-electron chi connectivity index (χ1n) is 6.12. The van der Waals surface area contributed by atoms with E-state index in [9.17, 15) is 13.2 Å². The minimum atomic E-state index is -3.27. The van der Waals surface area contributed by atoms with Crippen LogP contribution < -0.4 is 0 Å².